The van der Waals surface area contributed by atoms with Crippen molar-refractivity contribution in [2.75, 3.05) is 6.61 Å². The van der Waals surface area contributed by atoms with Crippen LogP contribution in [0.25, 0.3) is 0 Å². The smallest absolute Gasteiger partial charge is 0.420 e. The van der Waals surface area contributed by atoms with E-state index in [1.807, 2.05) is 0 Å². The van der Waals surface area contributed by atoms with E-state index in [1.54, 1.807) is 0 Å². The van der Waals surface area contributed by atoms with Gasteiger partial charge in [0.15, 0.2) is 17.3 Å². The van der Waals surface area contributed by atoms with E-state index in [-0.39, 0.29) is 18.9 Å². The van der Waals surface area contributed by atoms with Crippen LogP contribution < -0.4 is 4.74 Å². The van der Waals surface area contributed by atoms with Gasteiger partial charge in [-0.15, -0.1) is 0 Å². The second-order valence-electron chi connectivity index (χ2n) is 11.4. The zero-order valence-electron chi connectivity index (χ0n) is 22.1. The van der Waals surface area contributed by atoms with Gasteiger partial charge in [-0.2, -0.15) is 13.2 Å². The summed E-state index contributed by atoms with van der Waals surface area (Å²) < 4.78 is 61.7. The first-order chi connectivity index (χ1) is 17.2. The van der Waals surface area contributed by atoms with Crippen LogP contribution in [-0.2, 0) is 6.18 Å². The molecule has 2 nitrogen and oxygen atoms in total. The molecule has 2 aliphatic carbocycles. The fraction of sp³-hybridized carbons (Fsp3) is 0.767. The lowest BCUT2D eigenvalue weighted by Crippen LogP contribution is -2.20. The number of benzene rings is 1. The standard InChI is InChI=1S/C30H44F4O2/c1-3-7-22-14-16-23(17-15-22)8-5-4-6-9-26(35)25-18-19-27(29(31)28(25)30(32,33)34)36-20-24-12-10-21(2)11-13-24/h18-19,21-24H,3-17,20H2,1-2H3. The van der Waals surface area contributed by atoms with E-state index >= 15 is 0 Å². The lowest BCUT2D eigenvalue weighted by molar-refractivity contribution is -0.140. The number of ether oxygens (including phenoxy) is 1. The van der Waals surface area contributed by atoms with Gasteiger partial charge in [0.2, 0.25) is 0 Å². The van der Waals surface area contributed by atoms with Crippen LogP contribution in [0.15, 0.2) is 12.1 Å². The predicted molar refractivity (Wildman–Crippen MR) is 136 cm³/mol. The minimum absolute atomic E-state index is 0.00617. The number of hydrogen-bond donors (Lipinski definition) is 0. The Bertz CT molecular complexity index is 819. The van der Waals surface area contributed by atoms with Gasteiger partial charge in [0.05, 0.1) is 6.61 Å². The van der Waals surface area contributed by atoms with Gasteiger partial charge in [0.1, 0.15) is 5.56 Å². The quantitative estimate of drug-likeness (QED) is 0.158. The SMILES string of the molecule is CCCC1CCC(CCCCCC(=O)c2ccc(OCC3CCC(C)CC3)c(F)c2C(F)(F)F)CC1. The Balaban J connectivity index is 1.49. The molecule has 2 aliphatic rings. The number of rotatable bonds is 12. The van der Waals surface area contributed by atoms with Gasteiger partial charge in [-0.1, -0.05) is 84.5 Å². The molecule has 2 fully saturated rings. The summed E-state index contributed by atoms with van der Waals surface area (Å²) in [5.74, 6) is -0.0333. The van der Waals surface area contributed by atoms with Gasteiger partial charge in [0, 0.05) is 12.0 Å². The van der Waals surface area contributed by atoms with Crippen molar-refractivity contribution in [2.24, 2.45) is 23.7 Å². The number of alkyl halides is 3. The third-order valence-corrected chi connectivity index (χ3v) is 8.48. The van der Waals surface area contributed by atoms with Crippen LogP contribution in [0.5, 0.6) is 5.75 Å². The lowest BCUT2D eigenvalue weighted by atomic mass is 9.78. The maximum absolute atomic E-state index is 14.9. The molecule has 2 saturated carbocycles. The Kier molecular flexibility index (Phi) is 11.1. The molecular weight excluding hydrogens is 468 g/mol. The number of halogens is 4. The summed E-state index contributed by atoms with van der Waals surface area (Å²) in [7, 11) is 0. The normalized spacial score (nSPS) is 25.1. The molecule has 1 aromatic carbocycles. The van der Waals surface area contributed by atoms with Gasteiger partial charge in [-0.05, 0) is 55.1 Å². The van der Waals surface area contributed by atoms with Crippen LogP contribution in [0.2, 0.25) is 0 Å². The van der Waals surface area contributed by atoms with E-state index in [2.05, 4.69) is 13.8 Å². The molecule has 6 heteroatoms. The molecule has 0 N–H and O–H groups in total. The minimum atomic E-state index is -4.95. The number of carbonyl (C=O) groups excluding carboxylic acids is 1. The van der Waals surface area contributed by atoms with Crippen LogP contribution >= 0.6 is 0 Å². The maximum Gasteiger partial charge on any atom is 0.420 e. The molecular formula is C30H44F4O2. The highest BCUT2D eigenvalue weighted by molar-refractivity contribution is 5.97. The maximum atomic E-state index is 14.9. The first kappa shape index (κ1) is 29.0. The van der Waals surface area contributed by atoms with Crippen molar-refractivity contribution in [1.82, 2.24) is 0 Å². The molecule has 3 rings (SSSR count). The largest absolute Gasteiger partial charge is 0.490 e. The molecule has 0 bridgehead atoms. The fourth-order valence-corrected chi connectivity index (χ4v) is 6.13. The number of Topliss-reactive ketones (excluding diaryl/α,β-unsaturated/α-hetero) is 1. The topological polar surface area (TPSA) is 26.3 Å². The van der Waals surface area contributed by atoms with Gasteiger partial charge in [-0.3, -0.25) is 4.79 Å². The van der Waals surface area contributed by atoms with E-state index in [0.29, 0.717) is 12.3 Å². The molecule has 0 spiro atoms. The van der Waals surface area contributed by atoms with Crippen LogP contribution in [0, 0.1) is 29.5 Å². The first-order valence-corrected chi connectivity index (χ1v) is 14.2. The average molecular weight is 513 g/mol. The summed E-state index contributed by atoms with van der Waals surface area (Å²) in [6.45, 7) is 4.62. The highest BCUT2D eigenvalue weighted by Crippen LogP contribution is 2.39. The van der Waals surface area contributed by atoms with Crippen molar-refractivity contribution in [3.05, 3.63) is 29.1 Å². The van der Waals surface area contributed by atoms with Crippen LogP contribution in [0.4, 0.5) is 17.6 Å². The predicted octanol–water partition coefficient (Wildman–Crippen LogP) is 9.79. The molecule has 0 atom stereocenters. The van der Waals surface area contributed by atoms with Crippen molar-refractivity contribution in [3.8, 4) is 5.75 Å². The molecule has 0 heterocycles. The Morgan fingerprint density at radius 3 is 2.11 bits per heavy atom. The van der Waals surface area contributed by atoms with E-state index in [9.17, 15) is 22.4 Å². The van der Waals surface area contributed by atoms with Crippen molar-refractivity contribution < 1.29 is 27.1 Å². The summed E-state index contributed by atoms with van der Waals surface area (Å²) >= 11 is 0. The van der Waals surface area contributed by atoms with Gasteiger partial charge < -0.3 is 4.74 Å². The zero-order valence-corrected chi connectivity index (χ0v) is 22.1. The van der Waals surface area contributed by atoms with E-state index in [1.165, 1.54) is 44.6 Å². The average Bonchev–Trinajstić information content (AvgIpc) is 2.84. The highest BCUT2D eigenvalue weighted by atomic mass is 19.4. The molecule has 1 aromatic rings. The third kappa shape index (κ3) is 8.48. The molecule has 204 valence electrons. The fourth-order valence-electron chi connectivity index (χ4n) is 6.13. The molecule has 0 amide bonds. The van der Waals surface area contributed by atoms with Crippen LogP contribution in [-0.4, -0.2) is 12.4 Å². The van der Waals surface area contributed by atoms with Crippen molar-refractivity contribution in [2.45, 2.75) is 116 Å². The number of ketones is 1. The van der Waals surface area contributed by atoms with Crippen LogP contribution in [0.1, 0.15) is 126 Å². The second kappa shape index (κ2) is 13.8. The Morgan fingerprint density at radius 2 is 1.50 bits per heavy atom. The Morgan fingerprint density at radius 1 is 0.889 bits per heavy atom. The third-order valence-electron chi connectivity index (χ3n) is 8.48. The first-order valence-electron chi connectivity index (χ1n) is 14.2. The summed E-state index contributed by atoms with van der Waals surface area (Å²) in [5, 5.41) is 0. The second-order valence-corrected chi connectivity index (χ2v) is 11.4. The Labute approximate surface area is 214 Å². The molecule has 0 unspecified atom stereocenters. The van der Waals surface area contributed by atoms with Crippen molar-refractivity contribution in [3.63, 3.8) is 0 Å². The number of carbonyl (C=O) groups is 1. The zero-order chi connectivity index (χ0) is 26.1. The number of hydrogen-bond acceptors (Lipinski definition) is 2. The van der Waals surface area contributed by atoms with Crippen molar-refractivity contribution in [1.29, 1.82) is 0 Å². The monoisotopic (exact) mass is 512 g/mol. The van der Waals surface area contributed by atoms with Gasteiger partial charge in [0.25, 0.3) is 0 Å². The summed E-state index contributed by atoms with van der Waals surface area (Å²) in [6.07, 6.45) is 10.2. The molecule has 0 aromatic heterocycles. The van der Waals surface area contributed by atoms with E-state index in [4.69, 9.17) is 4.74 Å². The Hall–Kier alpha value is -1.59. The van der Waals surface area contributed by atoms with E-state index < -0.39 is 34.7 Å². The minimum Gasteiger partial charge on any atom is -0.490 e. The summed E-state index contributed by atoms with van der Waals surface area (Å²) in [4.78, 5) is 12.7. The van der Waals surface area contributed by atoms with E-state index in [0.717, 1.165) is 62.8 Å². The summed E-state index contributed by atoms with van der Waals surface area (Å²) in [5.41, 5.74) is -2.06. The molecule has 0 saturated heterocycles. The lowest BCUT2D eigenvalue weighted by Gasteiger charge is -2.28. The highest BCUT2D eigenvalue weighted by Gasteiger charge is 2.40. The molecule has 36 heavy (non-hydrogen) atoms. The molecule has 0 radical (unpaired) electrons. The van der Waals surface area contributed by atoms with Crippen LogP contribution in [0.3, 0.4) is 0 Å². The summed E-state index contributed by atoms with van der Waals surface area (Å²) in [6, 6.07) is 2.29. The van der Waals surface area contributed by atoms with Gasteiger partial charge in [-0.25, -0.2) is 4.39 Å². The van der Waals surface area contributed by atoms with Crippen molar-refractivity contribution >= 4 is 5.78 Å². The number of unbranched alkanes of at least 4 members (excludes halogenated alkanes) is 2. The molecule has 0 aliphatic heterocycles. The van der Waals surface area contributed by atoms with Gasteiger partial charge >= 0.3 is 6.18 Å².